The molecule has 0 bridgehead atoms. The Bertz CT molecular complexity index is 1560. The molecule has 0 aromatic heterocycles. The van der Waals surface area contributed by atoms with Gasteiger partial charge in [0.25, 0.3) is 0 Å². The number of carbonyl (C=O) groups is 3. The van der Waals surface area contributed by atoms with Crippen LogP contribution in [0.1, 0.15) is 213 Å². The Labute approximate surface area is 423 Å². The molecule has 0 aliphatic rings. The topological polar surface area (TPSA) is 78.9 Å². The van der Waals surface area contributed by atoms with E-state index in [4.69, 9.17) is 14.2 Å². The predicted octanol–water partition coefficient (Wildman–Crippen LogP) is 18.4. The van der Waals surface area contributed by atoms with Crippen LogP contribution in [0.2, 0.25) is 0 Å². The molecule has 0 heterocycles. The Kier molecular flexibility index (Phi) is 52.1. The molecule has 0 saturated carbocycles. The summed E-state index contributed by atoms with van der Waals surface area (Å²) in [6, 6.07) is 0. The van der Waals surface area contributed by atoms with Gasteiger partial charge in [0, 0.05) is 19.3 Å². The van der Waals surface area contributed by atoms with Crippen LogP contribution in [0.25, 0.3) is 0 Å². The molecule has 0 spiro atoms. The summed E-state index contributed by atoms with van der Waals surface area (Å²) in [6.07, 6.45) is 79.8. The largest absolute Gasteiger partial charge is 0.462 e. The normalized spacial score (nSPS) is 13.3. The lowest BCUT2D eigenvalue weighted by atomic mass is 10.1. The van der Waals surface area contributed by atoms with E-state index in [1.54, 1.807) is 0 Å². The highest BCUT2D eigenvalue weighted by Gasteiger charge is 2.19. The number of hydrogen-bond acceptors (Lipinski definition) is 6. The van der Waals surface area contributed by atoms with Crippen molar-refractivity contribution in [1.82, 2.24) is 0 Å². The average Bonchev–Trinajstić information content (AvgIpc) is 3.35. The van der Waals surface area contributed by atoms with Crippen LogP contribution in [0.3, 0.4) is 0 Å². The molecule has 0 unspecified atom stereocenters. The Balaban J connectivity index is 4.64. The van der Waals surface area contributed by atoms with Crippen LogP contribution in [0.4, 0.5) is 0 Å². The Hall–Kier alpha value is -4.71. The van der Waals surface area contributed by atoms with E-state index in [0.717, 1.165) is 109 Å². The predicted molar refractivity (Wildman–Crippen MR) is 297 cm³/mol. The first-order valence-electron chi connectivity index (χ1n) is 27.3. The SMILES string of the molecule is CC/C=C\C/C=C\C/C=C\C/C=C\C/C=C\CCCC(=O)OC[C@H](COC(=O)CCCCCC/C=C\C/C=C\C/C=C\CCCCC)OC(=O)CCC/C=C\C/C=C\C/C=C\C/C=C\CCCCC. The van der Waals surface area contributed by atoms with E-state index >= 15 is 0 Å². The molecule has 0 fully saturated rings. The minimum Gasteiger partial charge on any atom is -0.462 e. The summed E-state index contributed by atoms with van der Waals surface area (Å²) in [7, 11) is 0. The summed E-state index contributed by atoms with van der Waals surface area (Å²) in [5.74, 6) is -1.08. The molecule has 0 rings (SSSR count). The molecule has 1 atom stereocenters. The molecule has 0 saturated heterocycles. The van der Waals surface area contributed by atoms with Gasteiger partial charge >= 0.3 is 17.9 Å². The number of hydrogen-bond donors (Lipinski definition) is 0. The first-order chi connectivity index (χ1) is 34.0. The molecule has 386 valence electrons. The van der Waals surface area contributed by atoms with Gasteiger partial charge in [-0.25, -0.2) is 0 Å². The van der Waals surface area contributed by atoms with Gasteiger partial charge in [-0.05, 0) is 135 Å². The highest BCUT2D eigenvalue weighted by atomic mass is 16.6. The lowest BCUT2D eigenvalue weighted by molar-refractivity contribution is -0.167. The molecule has 6 nitrogen and oxygen atoms in total. The second-order valence-corrected chi connectivity index (χ2v) is 17.4. The lowest BCUT2D eigenvalue weighted by Crippen LogP contribution is -2.30. The zero-order valence-electron chi connectivity index (χ0n) is 44.0. The van der Waals surface area contributed by atoms with Gasteiger partial charge in [-0.1, -0.05) is 205 Å². The maximum absolute atomic E-state index is 12.8. The zero-order valence-corrected chi connectivity index (χ0v) is 44.0. The van der Waals surface area contributed by atoms with Crippen molar-refractivity contribution in [1.29, 1.82) is 0 Å². The van der Waals surface area contributed by atoms with Crippen molar-refractivity contribution < 1.29 is 28.6 Å². The first kappa shape index (κ1) is 64.3. The summed E-state index contributed by atoms with van der Waals surface area (Å²) in [5, 5.41) is 0. The summed E-state index contributed by atoms with van der Waals surface area (Å²) < 4.78 is 16.7. The number of ether oxygens (including phenoxy) is 3. The molecule has 0 N–H and O–H groups in total. The van der Waals surface area contributed by atoms with Gasteiger partial charge in [0.1, 0.15) is 13.2 Å². The van der Waals surface area contributed by atoms with Crippen LogP contribution >= 0.6 is 0 Å². The maximum Gasteiger partial charge on any atom is 0.306 e. The average molecular weight is 951 g/mol. The van der Waals surface area contributed by atoms with E-state index in [2.05, 4.69) is 167 Å². The van der Waals surface area contributed by atoms with Gasteiger partial charge in [-0.2, -0.15) is 0 Å². The highest BCUT2D eigenvalue weighted by Crippen LogP contribution is 2.11. The van der Waals surface area contributed by atoms with Gasteiger partial charge < -0.3 is 14.2 Å². The van der Waals surface area contributed by atoms with Gasteiger partial charge in [0.05, 0.1) is 0 Å². The van der Waals surface area contributed by atoms with Crippen LogP contribution in [0, 0.1) is 0 Å². The smallest absolute Gasteiger partial charge is 0.306 e. The molecule has 6 heteroatoms. The van der Waals surface area contributed by atoms with Crippen molar-refractivity contribution >= 4 is 17.9 Å². The van der Waals surface area contributed by atoms with Crippen molar-refractivity contribution in [3.05, 3.63) is 146 Å². The fraction of sp³-hybridized carbons (Fsp3) is 0.571. The Morgan fingerprint density at radius 3 is 0.928 bits per heavy atom. The third kappa shape index (κ3) is 54.1. The van der Waals surface area contributed by atoms with Crippen molar-refractivity contribution in [2.45, 2.75) is 219 Å². The molecular formula is C63H98O6. The van der Waals surface area contributed by atoms with Crippen molar-refractivity contribution in [2.75, 3.05) is 13.2 Å². The maximum atomic E-state index is 12.8. The van der Waals surface area contributed by atoms with Crippen LogP contribution in [-0.2, 0) is 28.6 Å². The van der Waals surface area contributed by atoms with Crippen LogP contribution in [-0.4, -0.2) is 37.2 Å². The second-order valence-electron chi connectivity index (χ2n) is 17.4. The van der Waals surface area contributed by atoms with Crippen LogP contribution in [0.15, 0.2) is 146 Å². The van der Waals surface area contributed by atoms with E-state index in [-0.39, 0.29) is 38.0 Å². The standard InChI is InChI=1S/C63H98O6/c1-4-7-10-13-16-19-22-25-28-31-34-37-40-43-46-49-52-55-61(64)67-58-60(69-63(66)57-54-51-48-45-42-39-36-33-30-27-24-21-18-15-12-9-6-3)59-68-62(65)56-53-50-47-44-41-38-35-32-29-26-23-20-17-14-11-8-5-2/h7,10,16-21,25-30,34-39,43,45-46,48,60H,4-6,8-9,11-15,22-24,31-33,40-42,44,47,49-59H2,1-3H3/b10-7-,19-16-,20-17-,21-18-,28-25-,29-26-,30-27-,37-34-,38-35-,39-36-,46-43-,48-45-/t60-/m1/s1. The summed E-state index contributed by atoms with van der Waals surface area (Å²) >= 11 is 0. The molecule has 0 aliphatic carbocycles. The van der Waals surface area contributed by atoms with Crippen molar-refractivity contribution in [2.24, 2.45) is 0 Å². The van der Waals surface area contributed by atoms with Crippen LogP contribution < -0.4 is 0 Å². The van der Waals surface area contributed by atoms with E-state index in [1.807, 2.05) is 0 Å². The fourth-order valence-electron chi connectivity index (χ4n) is 6.71. The first-order valence-corrected chi connectivity index (χ1v) is 27.3. The van der Waals surface area contributed by atoms with E-state index < -0.39 is 12.1 Å². The third-order valence-corrected chi connectivity index (χ3v) is 10.8. The number of carbonyl (C=O) groups excluding carboxylic acids is 3. The molecule has 0 amide bonds. The summed E-state index contributed by atoms with van der Waals surface area (Å²) in [4.78, 5) is 38.1. The van der Waals surface area contributed by atoms with Gasteiger partial charge in [-0.15, -0.1) is 0 Å². The Morgan fingerprint density at radius 1 is 0.304 bits per heavy atom. The molecule has 0 aromatic carbocycles. The zero-order chi connectivity index (χ0) is 50.0. The van der Waals surface area contributed by atoms with Gasteiger partial charge in [-0.3, -0.25) is 14.4 Å². The lowest BCUT2D eigenvalue weighted by Gasteiger charge is -2.18. The Morgan fingerprint density at radius 2 is 0.580 bits per heavy atom. The minimum absolute atomic E-state index is 0.135. The van der Waals surface area contributed by atoms with E-state index in [1.165, 1.54) is 51.4 Å². The molecular weight excluding hydrogens is 853 g/mol. The summed E-state index contributed by atoms with van der Waals surface area (Å²) in [6.45, 7) is 6.33. The number of rotatable bonds is 47. The van der Waals surface area contributed by atoms with Crippen LogP contribution in [0.5, 0.6) is 0 Å². The van der Waals surface area contributed by atoms with E-state index in [9.17, 15) is 14.4 Å². The molecule has 0 aromatic rings. The quantitative estimate of drug-likeness (QED) is 0.0262. The monoisotopic (exact) mass is 951 g/mol. The number of unbranched alkanes of at least 4 members (excludes halogenated alkanes) is 12. The van der Waals surface area contributed by atoms with Gasteiger partial charge in [0.15, 0.2) is 6.10 Å². The summed E-state index contributed by atoms with van der Waals surface area (Å²) in [5.41, 5.74) is 0. The molecule has 69 heavy (non-hydrogen) atoms. The molecule has 0 radical (unpaired) electrons. The number of allylic oxidation sites excluding steroid dienone is 24. The van der Waals surface area contributed by atoms with Crippen molar-refractivity contribution in [3.63, 3.8) is 0 Å². The molecule has 0 aliphatic heterocycles. The highest BCUT2D eigenvalue weighted by molar-refractivity contribution is 5.71. The third-order valence-electron chi connectivity index (χ3n) is 10.8. The second kappa shape index (κ2) is 55.9. The minimum atomic E-state index is -0.846. The van der Waals surface area contributed by atoms with E-state index in [0.29, 0.717) is 19.3 Å². The fourth-order valence-corrected chi connectivity index (χ4v) is 6.71. The van der Waals surface area contributed by atoms with Crippen molar-refractivity contribution in [3.8, 4) is 0 Å². The number of esters is 3. The van der Waals surface area contributed by atoms with Gasteiger partial charge in [0.2, 0.25) is 0 Å².